The lowest BCUT2D eigenvalue weighted by molar-refractivity contribution is -0.182. The molecule has 176 valence electrons. The van der Waals surface area contributed by atoms with Crippen LogP contribution in [0.3, 0.4) is 0 Å². The van der Waals surface area contributed by atoms with Crippen LogP contribution in [0.4, 0.5) is 0 Å². The fourth-order valence-electron chi connectivity index (χ4n) is 5.62. The first-order valence-electron chi connectivity index (χ1n) is 12.3. The second-order valence-electron chi connectivity index (χ2n) is 10.9. The van der Waals surface area contributed by atoms with Crippen molar-refractivity contribution in [2.45, 2.75) is 117 Å². The zero-order valence-corrected chi connectivity index (χ0v) is 20.0. The highest BCUT2D eigenvalue weighted by molar-refractivity contribution is 5.76. The van der Waals surface area contributed by atoms with Crippen molar-refractivity contribution >= 4 is 5.97 Å². The molecule has 0 unspecified atom stereocenters. The highest BCUT2D eigenvalue weighted by atomic mass is 16.5. The van der Waals surface area contributed by atoms with Gasteiger partial charge in [-0.1, -0.05) is 34.1 Å². The first kappa shape index (κ1) is 25.6. The smallest absolute Gasteiger partial charge is 0.311 e. The van der Waals surface area contributed by atoms with E-state index in [1.54, 1.807) is 0 Å². The van der Waals surface area contributed by atoms with E-state index < -0.39 is 17.6 Å². The third-order valence-corrected chi connectivity index (χ3v) is 8.27. The highest BCUT2D eigenvalue weighted by Crippen LogP contribution is 2.51. The zero-order chi connectivity index (χ0) is 22.6. The average Bonchev–Trinajstić information content (AvgIpc) is 2.70. The number of carbonyl (C=O) groups excluding carboxylic acids is 1. The Morgan fingerprint density at radius 2 is 1.77 bits per heavy atom. The van der Waals surface area contributed by atoms with E-state index in [-0.39, 0.29) is 35.9 Å². The third kappa shape index (κ3) is 5.98. The fraction of sp³-hybridized carbons (Fsp3) is 0.960. The first-order valence-corrected chi connectivity index (χ1v) is 12.3. The SMILES string of the molecule is CC[C@@H](O)C[C@H](O)CC[C@@H]1[C@@H]2[C@@H](CC[C@@H]1C)[C@@H](O)[C@@H](C)C[C@@H]2OC(=O)C(C)(C)CC. The summed E-state index contributed by atoms with van der Waals surface area (Å²) in [5, 5.41) is 31.2. The van der Waals surface area contributed by atoms with Crippen LogP contribution in [0, 0.1) is 35.0 Å². The molecule has 0 amide bonds. The number of aliphatic hydroxyl groups is 3. The number of hydrogen-bond donors (Lipinski definition) is 3. The Bertz CT molecular complexity index is 548. The number of esters is 1. The quantitative estimate of drug-likeness (QED) is 0.478. The van der Waals surface area contributed by atoms with Gasteiger partial charge in [-0.15, -0.1) is 0 Å². The van der Waals surface area contributed by atoms with E-state index in [1.807, 2.05) is 27.7 Å². The van der Waals surface area contributed by atoms with Gasteiger partial charge in [0.2, 0.25) is 0 Å². The Hall–Kier alpha value is -0.650. The maximum atomic E-state index is 12.9. The first-order chi connectivity index (χ1) is 14.0. The van der Waals surface area contributed by atoms with Crippen molar-refractivity contribution in [2.75, 3.05) is 0 Å². The lowest BCUT2D eigenvalue weighted by Gasteiger charge is -2.52. The summed E-state index contributed by atoms with van der Waals surface area (Å²) < 4.78 is 6.15. The van der Waals surface area contributed by atoms with Crippen molar-refractivity contribution in [1.82, 2.24) is 0 Å². The molecule has 2 aliphatic carbocycles. The van der Waals surface area contributed by atoms with E-state index in [2.05, 4.69) is 13.8 Å². The minimum Gasteiger partial charge on any atom is -0.462 e. The second kappa shape index (κ2) is 10.8. The van der Waals surface area contributed by atoms with Gasteiger partial charge in [0.25, 0.3) is 0 Å². The fourth-order valence-corrected chi connectivity index (χ4v) is 5.62. The molecule has 2 fully saturated rings. The van der Waals surface area contributed by atoms with Crippen LogP contribution in [-0.2, 0) is 9.53 Å². The van der Waals surface area contributed by atoms with Gasteiger partial charge in [-0.3, -0.25) is 4.79 Å². The molecule has 0 heterocycles. The topological polar surface area (TPSA) is 87.0 Å². The van der Waals surface area contributed by atoms with Crippen molar-refractivity contribution in [3.8, 4) is 0 Å². The molecule has 5 nitrogen and oxygen atoms in total. The van der Waals surface area contributed by atoms with Crippen LogP contribution in [-0.4, -0.2) is 45.7 Å². The maximum Gasteiger partial charge on any atom is 0.311 e. The van der Waals surface area contributed by atoms with Gasteiger partial charge in [0.1, 0.15) is 6.10 Å². The van der Waals surface area contributed by atoms with E-state index in [0.29, 0.717) is 37.5 Å². The molecular formula is C25H46O5. The van der Waals surface area contributed by atoms with Gasteiger partial charge in [-0.05, 0) is 82.5 Å². The lowest BCUT2D eigenvalue weighted by atomic mass is 9.57. The van der Waals surface area contributed by atoms with Gasteiger partial charge in [0.15, 0.2) is 0 Å². The summed E-state index contributed by atoms with van der Waals surface area (Å²) in [5.74, 6) is 1.04. The van der Waals surface area contributed by atoms with Crippen LogP contribution in [0.5, 0.6) is 0 Å². The molecule has 3 N–H and O–H groups in total. The highest BCUT2D eigenvalue weighted by Gasteiger charge is 2.51. The molecule has 0 aliphatic heterocycles. The van der Waals surface area contributed by atoms with Gasteiger partial charge >= 0.3 is 5.97 Å². The number of hydrogen-bond acceptors (Lipinski definition) is 5. The molecule has 5 heteroatoms. The molecule has 0 aromatic carbocycles. The monoisotopic (exact) mass is 426 g/mol. The predicted octanol–water partition coefficient (Wildman–Crippen LogP) is 4.32. The Kier molecular flexibility index (Phi) is 9.20. The third-order valence-electron chi connectivity index (χ3n) is 8.27. The van der Waals surface area contributed by atoms with Gasteiger partial charge in [0, 0.05) is 5.92 Å². The minimum absolute atomic E-state index is 0.119. The van der Waals surface area contributed by atoms with Crippen LogP contribution in [0.15, 0.2) is 0 Å². The molecule has 0 bridgehead atoms. The van der Waals surface area contributed by atoms with E-state index in [1.165, 1.54) is 0 Å². The molecule has 0 saturated heterocycles. The number of aliphatic hydroxyl groups excluding tert-OH is 3. The summed E-state index contributed by atoms with van der Waals surface area (Å²) in [7, 11) is 0. The van der Waals surface area contributed by atoms with E-state index in [0.717, 1.165) is 25.7 Å². The molecule has 0 aromatic heterocycles. The van der Waals surface area contributed by atoms with Gasteiger partial charge in [-0.2, -0.15) is 0 Å². The summed E-state index contributed by atoms with van der Waals surface area (Å²) >= 11 is 0. The van der Waals surface area contributed by atoms with Crippen molar-refractivity contribution < 1.29 is 24.9 Å². The summed E-state index contributed by atoms with van der Waals surface area (Å²) in [4.78, 5) is 12.9. The standard InChI is InChI=1S/C25H46O5/c1-7-17(26)14-18(27)10-12-19-15(3)9-11-20-22(19)21(13-16(4)23(20)28)30-24(29)25(5,6)8-2/h15-23,26-28H,7-14H2,1-6H3/t15-,16-,17+,18+,19-,20+,21-,22+,23-/m0/s1. The van der Waals surface area contributed by atoms with E-state index in [9.17, 15) is 20.1 Å². The normalized spacial score (nSPS) is 36.6. The van der Waals surface area contributed by atoms with Gasteiger partial charge in [0.05, 0.1) is 23.7 Å². The Labute approximate surface area is 183 Å². The van der Waals surface area contributed by atoms with Crippen LogP contribution in [0.1, 0.15) is 92.9 Å². The number of ether oxygens (including phenoxy) is 1. The molecular weight excluding hydrogens is 380 g/mol. The van der Waals surface area contributed by atoms with Crippen LogP contribution in [0.25, 0.3) is 0 Å². The molecule has 30 heavy (non-hydrogen) atoms. The molecule has 0 radical (unpaired) electrons. The Balaban J connectivity index is 2.18. The summed E-state index contributed by atoms with van der Waals surface area (Å²) in [6.45, 7) is 12.1. The summed E-state index contributed by atoms with van der Waals surface area (Å²) in [5.41, 5.74) is -0.503. The molecule has 9 atom stereocenters. The van der Waals surface area contributed by atoms with Crippen LogP contribution in [0.2, 0.25) is 0 Å². The van der Waals surface area contributed by atoms with Gasteiger partial charge < -0.3 is 20.1 Å². The lowest BCUT2D eigenvalue weighted by Crippen LogP contribution is -2.53. The van der Waals surface area contributed by atoms with Crippen molar-refractivity contribution in [3.63, 3.8) is 0 Å². The molecule has 0 aromatic rings. The number of rotatable bonds is 9. The molecule has 0 spiro atoms. The van der Waals surface area contributed by atoms with Crippen LogP contribution < -0.4 is 0 Å². The van der Waals surface area contributed by atoms with Gasteiger partial charge in [-0.25, -0.2) is 0 Å². The largest absolute Gasteiger partial charge is 0.462 e. The summed E-state index contributed by atoms with van der Waals surface area (Å²) in [6.07, 6.45) is 4.51. The zero-order valence-electron chi connectivity index (χ0n) is 20.0. The van der Waals surface area contributed by atoms with Crippen molar-refractivity contribution in [3.05, 3.63) is 0 Å². The van der Waals surface area contributed by atoms with Crippen LogP contribution >= 0.6 is 0 Å². The predicted molar refractivity (Wildman–Crippen MR) is 119 cm³/mol. The Morgan fingerprint density at radius 1 is 1.10 bits per heavy atom. The van der Waals surface area contributed by atoms with Crippen molar-refractivity contribution in [2.24, 2.45) is 35.0 Å². The van der Waals surface area contributed by atoms with E-state index in [4.69, 9.17) is 4.74 Å². The summed E-state index contributed by atoms with van der Waals surface area (Å²) in [6, 6.07) is 0. The average molecular weight is 427 g/mol. The van der Waals surface area contributed by atoms with E-state index >= 15 is 0 Å². The number of carbonyl (C=O) groups is 1. The molecule has 2 rings (SSSR count). The maximum absolute atomic E-state index is 12.9. The minimum atomic E-state index is -0.514. The molecule has 2 saturated carbocycles. The second-order valence-corrected chi connectivity index (χ2v) is 10.9. The van der Waals surface area contributed by atoms with Crippen molar-refractivity contribution in [1.29, 1.82) is 0 Å². The molecule has 2 aliphatic rings. The number of fused-ring (bicyclic) bond motifs is 1. The Morgan fingerprint density at radius 3 is 2.37 bits per heavy atom.